The van der Waals surface area contributed by atoms with Crippen molar-refractivity contribution in [2.24, 2.45) is 0 Å². The molecule has 2 aromatic carbocycles. The molecule has 0 radical (unpaired) electrons. The van der Waals surface area contributed by atoms with E-state index in [2.05, 4.69) is 42.2 Å². The third kappa shape index (κ3) is 6.48. The maximum atomic E-state index is 13.1. The number of likely N-dealkylation sites (N-methyl/N-ethyl adjacent to an activating group) is 1. The molecular weight excluding hydrogens is 404 g/mol. The molecule has 0 N–H and O–H groups in total. The van der Waals surface area contributed by atoms with Crippen LogP contribution in [0.1, 0.15) is 29.3 Å². The lowest BCUT2D eigenvalue weighted by Gasteiger charge is -2.24. The first-order chi connectivity index (χ1) is 15.0. The van der Waals surface area contributed by atoms with E-state index >= 15 is 0 Å². The van der Waals surface area contributed by atoms with Gasteiger partial charge in [-0.2, -0.15) is 5.26 Å². The summed E-state index contributed by atoms with van der Waals surface area (Å²) >= 11 is 1.58. The van der Waals surface area contributed by atoms with Crippen LogP contribution in [0.4, 0.5) is 0 Å². The second-order valence-corrected chi connectivity index (χ2v) is 8.66. The van der Waals surface area contributed by atoms with Gasteiger partial charge in [0.05, 0.1) is 23.7 Å². The van der Waals surface area contributed by atoms with E-state index in [0.29, 0.717) is 18.7 Å². The average Bonchev–Trinajstić information content (AvgIpc) is 3.25. The molecule has 1 amide bonds. The van der Waals surface area contributed by atoms with Crippen LogP contribution in [0.2, 0.25) is 0 Å². The van der Waals surface area contributed by atoms with Gasteiger partial charge in [0, 0.05) is 30.6 Å². The molecule has 1 aromatic heterocycles. The quantitative estimate of drug-likeness (QED) is 0.504. The summed E-state index contributed by atoms with van der Waals surface area (Å²) in [4.78, 5) is 21.8. The molecular formula is C25H28N4OS. The minimum absolute atomic E-state index is 0.0596. The van der Waals surface area contributed by atoms with Gasteiger partial charge in [-0.05, 0) is 43.8 Å². The van der Waals surface area contributed by atoms with E-state index < -0.39 is 0 Å². The predicted molar refractivity (Wildman–Crippen MR) is 126 cm³/mol. The Balaban J connectivity index is 1.70. The zero-order valence-electron chi connectivity index (χ0n) is 18.3. The van der Waals surface area contributed by atoms with Crippen molar-refractivity contribution in [2.45, 2.75) is 26.3 Å². The number of benzene rings is 2. The number of rotatable bonds is 9. The van der Waals surface area contributed by atoms with Crippen molar-refractivity contribution in [3.05, 3.63) is 76.3 Å². The number of hydrogen-bond acceptors (Lipinski definition) is 5. The monoisotopic (exact) mass is 432 g/mol. The zero-order chi connectivity index (χ0) is 22.2. The smallest absolute Gasteiger partial charge is 0.228 e. The van der Waals surface area contributed by atoms with Crippen molar-refractivity contribution in [3.8, 4) is 16.6 Å². The normalized spacial score (nSPS) is 10.8. The number of thiazole rings is 1. The van der Waals surface area contributed by atoms with Crippen LogP contribution in [0.25, 0.3) is 10.6 Å². The highest BCUT2D eigenvalue weighted by molar-refractivity contribution is 7.13. The van der Waals surface area contributed by atoms with Crippen LogP contribution < -0.4 is 0 Å². The number of hydrogen-bond donors (Lipinski definition) is 0. The maximum Gasteiger partial charge on any atom is 0.228 e. The molecule has 0 aliphatic heterocycles. The second-order valence-electron chi connectivity index (χ2n) is 7.80. The Morgan fingerprint density at radius 2 is 1.71 bits per heavy atom. The summed E-state index contributed by atoms with van der Waals surface area (Å²) in [6.07, 6.45) is 1.30. The topological polar surface area (TPSA) is 60.2 Å². The van der Waals surface area contributed by atoms with Crippen LogP contribution in [0, 0.1) is 11.3 Å². The Hall–Kier alpha value is -3.01. The van der Waals surface area contributed by atoms with Gasteiger partial charge in [0.25, 0.3) is 0 Å². The molecule has 160 valence electrons. The Morgan fingerprint density at radius 1 is 1.03 bits per heavy atom. The molecule has 6 heteroatoms. The number of nitriles is 1. The molecule has 0 bridgehead atoms. The fourth-order valence-corrected chi connectivity index (χ4v) is 4.01. The van der Waals surface area contributed by atoms with Gasteiger partial charge in [-0.15, -0.1) is 11.3 Å². The number of nitrogens with zero attached hydrogens (tertiary/aromatic N) is 4. The highest BCUT2D eigenvalue weighted by Gasteiger charge is 2.17. The molecule has 3 rings (SSSR count). The molecule has 0 unspecified atom stereocenters. The molecule has 0 saturated heterocycles. The lowest BCUT2D eigenvalue weighted by Crippen LogP contribution is -2.37. The summed E-state index contributed by atoms with van der Waals surface area (Å²) in [5, 5.41) is 11.9. The molecule has 0 saturated carbocycles. The van der Waals surface area contributed by atoms with E-state index in [0.717, 1.165) is 34.8 Å². The van der Waals surface area contributed by atoms with Gasteiger partial charge in [-0.1, -0.05) is 43.3 Å². The molecule has 5 nitrogen and oxygen atoms in total. The molecule has 0 aliphatic rings. The average molecular weight is 433 g/mol. The highest BCUT2D eigenvalue weighted by atomic mass is 32.1. The number of carbonyl (C=O) groups excluding carboxylic acids is 1. The minimum Gasteiger partial charge on any atom is -0.337 e. The SMILES string of the molecule is CCc1ccc(-c2nc(CC(=O)N(CCN(C)C)Cc3ccc(C#N)cc3)cs2)cc1. The number of aromatic nitrogens is 1. The molecule has 0 atom stereocenters. The van der Waals surface area contributed by atoms with Gasteiger partial charge in [0.1, 0.15) is 5.01 Å². The second kappa shape index (κ2) is 10.9. The van der Waals surface area contributed by atoms with Gasteiger partial charge in [0.15, 0.2) is 0 Å². The Bertz CT molecular complexity index is 1030. The largest absolute Gasteiger partial charge is 0.337 e. The Kier molecular flexibility index (Phi) is 7.94. The van der Waals surface area contributed by atoms with E-state index in [1.807, 2.05) is 36.5 Å². The maximum absolute atomic E-state index is 13.1. The molecule has 1 heterocycles. The van der Waals surface area contributed by atoms with E-state index in [-0.39, 0.29) is 12.3 Å². The van der Waals surface area contributed by atoms with E-state index in [1.54, 1.807) is 23.5 Å². The number of amides is 1. The van der Waals surface area contributed by atoms with Crippen LogP contribution in [0.5, 0.6) is 0 Å². The summed E-state index contributed by atoms with van der Waals surface area (Å²) in [5.41, 5.74) is 4.83. The number of aryl methyl sites for hydroxylation is 1. The first-order valence-electron chi connectivity index (χ1n) is 10.4. The molecule has 0 fully saturated rings. The Morgan fingerprint density at radius 3 is 2.32 bits per heavy atom. The van der Waals surface area contributed by atoms with Crippen molar-refractivity contribution in [2.75, 3.05) is 27.2 Å². The van der Waals surface area contributed by atoms with Crippen molar-refractivity contribution in [1.82, 2.24) is 14.8 Å². The van der Waals surface area contributed by atoms with Crippen LogP contribution in [0.3, 0.4) is 0 Å². The minimum atomic E-state index is 0.0596. The van der Waals surface area contributed by atoms with Crippen molar-refractivity contribution < 1.29 is 4.79 Å². The Labute approximate surface area is 188 Å². The fourth-order valence-electron chi connectivity index (χ4n) is 3.19. The standard InChI is InChI=1S/C25H28N4OS/c1-4-19-9-11-22(12-10-19)25-27-23(18-31-25)15-24(30)29(14-13-28(2)3)17-21-7-5-20(16-26)6-8-21/h5-12,18H,4,13-15,17H2,1-3H3. The van der Waals surface area contributed by atoms with Crippen LogP contribution in [-0.4, -0.2) is 47.9 Å². The van der Waals surface area contributed by atoms with Gasteiger partial charge in [-0.25, -0.2) is 4.98 Å². The highest BCUT2D eigenvalue weighted by Crippen LogP contribution is 2.24. The molecule has 0 spiro atoms. The summed E-state index contributed by atoms with van der Waals surface area (Å²) in [6, 6.07) is 18.0. The lowest BCUT2D eigenvalue weighted by molar-refractivity contribution is -0.131. The fraction of sp³-hybridized carbons (Fsp3) is 0.320. The van der Waals surface area contributed by atoms with Crippen LogP contribution >= 0.6 is 11.3 Å². The molecule has 31 heavy (non-hydrogen) atoms. The van der Waals surface area contributed by atoms with Crippen LogP contribution in [0.15, 0.2) is 53.9 Å². The summed E-state index contributed by atoms with van der Waals surface area (Å²) in [6.45, 7) is 4.09. The zero-order valence-corrected chi connectivity index (χ0v) is 19.2. The van der Waals surface area contributed by atoms with E-state index in [1.165, 1.54) is 5.56 Å². The first-order valence-corrected chi connectivity index (χ1v) is 11.3. The van der Waals surface area contributed by atoms with Crippen molar-refractivity contribution in [3.63, 3.8) is 0 Å². The van der Waals surface area contributed by atoms with Crippen molar-refractivity contribution >= 4 is 17.2 Å². The summed E-state index contributed by atoms with van der Waals surface area (Å²) in [7, 11) is 4.00. The number of carbonyl (C=O) groups is 1. The van der Waals surface area contributed by atoms with E-state index in [4.69, 9.17) is 10.2 Å². The van der Waals surface area contributed by atoms with Gasteiger partial charge >= 0.3 is 0 Å². The predicted octanol–water partition coefficient (Wildman–Crippen LogP) is 4.38. The van der Waals surface area contributed by atoms with Crippen LogP contribution in [-0.2, 0) is 24.2 Å². The lowest BCUT2D eigenvalue weighted by atomic mass is 10.1. The molecule has 3 aromatic rings. The van der Waals surface area contributed by atoms with Gasteiger partial charge in [0.2, 0.25) is 5.91 Å². The summed E-state index contributed by atoms with van der Waals surface area (Å²) in [5.74, 6) is 0.0596. The first kappa shape index (κ1) is 22.7. The third-order valence-corrected chi connectivity index (χ3v) is 6.06. The van der Waals surface area contributed by atoms with Gasteiger partial charge < -0.3 is 9.80 Å². The van der Waals surface area contributed by atoms with E-state index in [9.17, 15) is 4.79 Å². The summed E-state index contributed by atoms with van der Waals surface area (Å²) < 4.78 is 0. The van der Waals surface area contributed by atoms with Crippen molar-refractivity contribution in [1.29, 1.82) is 5.26 Å². The van der Waals surface area contributed by atoms with Gasteiger partial charge in [-0.3, -0.25) is 4.79 Å². The molecule has 0 aliphatic carbocycles. The third-order valence-electron chi connectivity index (χ3n) is 5.12.